The van der Waals surface area contributed by atoms with Crippen LogP contribution in [-0.4, -0.2) is 22.6 Å². The normalized spacial score (nSPS) is 12.0. The maximum atomic E-state index is 9.08. The summed E-state index contributed by atoms with van der Waals surface area (Å²) in [6, 6.07) is 14.2. The average Bonchev–Trinajstić information content (AvgIpc) is 3.02. The lowest BCUT2D eigenvalue weighted by molar-refractivity contribution is 0.194. The van der Waals surface area contributed by atoms with Crippen LogP contribution in [0.1, 0.15) is 37.4 Å². The Morgan fingerprint density at radius 3 is 2.50 bits per heavy atom. The molecular formula is C19H23NO2. The molecule has 0 saturated heterocycles. The van der Waals surface area contributed by atoms with Crippen LogP contribution < -0.4 is 0 Å². The molecule has 1 unspecified atom stereocenters. The number of hydrogen-bond donors (Lipinski definition) is 1. The van der Waals surface area contributed by atoms with E-state index in [-0.39, 0.29) is 6.61 Å². The van der Waals surface area contributed by atoms with Crippen LogP contribution in [0.3, 0.4) is 0 Å². The summed E-state index contributed by atoms with van der Waals surface area (Å²) in [5.41, 5.74) is 1.03. The minimum atomic E-state index is -0.0584. The third-order valence-corrected chi connectivity index (χ3v) is 3.73. The molecule has 22 heavy (non-hydrogen) atoms. The average molecular weight is 297 g/mol. The summed E-state index contributed by atoms with van der Waals surface area (Å²) in [6.45, 7) is 5.71. The first-order valence-corrected chi connectivity index (χ1v) is 7.69. The van der Waals surface area contributed by atoms with Gasteiger partial charge in [0.25, 0.3) is 0 Å². The van der Waals surface area contributed by atoms with E-state index in [0.717, 1.165) is 17.7 Å². The summed E-state index contributed by atoms with van der Waals surface area (Å²) in [6.07, 6.45) is 1.06. The molecule has 3 heteroatoms. The lowest BCUT2D eigenvalue weighted by atomic mass is 10.2. The second-order valence-electron chi connectivity index (χ2n) is 5.36. The van der Waals surface area contributed by atoms with Crippen LogP contribution >= 0.6 is 0 Å². The number of aliphatic hydroxyl groups is 1. The Labute approximate surface area is 132 Å². The molecule has 3 nitrogen and oxygen atoms in total. The predicted octanol–water partition coefficient (Wildman–Crippen LogP) is 3.42. The summed E-state index contributed by atoms with van der Waals surface area (Å²) in [7, 11) is 0. The highest BCUT2D eigenvalue weighted by atomic mass is 16.4. The van der Waals surface area contributed by atoms with Crippen molar-refractivity contribution in [3.8, 4) is 11.8 Å². The Morgan fingerprint density at radius 1 is 1.14 bits per heavy atom. The number of benzene rings is 1. The fourth-order valence-electron chi connectivity index (χ4n) is 2.18. The minimum absolute atomic E-state index is 0.0584. The predicted molar refractivity (Wildman–Crippen MR) is 88.1 cm³/mol. The van der Waals surface area contributed by atoms with Gasteiger partial charge in [-0.05, 0) is 37.6 Å². The Kier molecular flexibility index (Phi) is 6.27. The van der Waals surface area contributed by atoms with E-state index in [4.69, 9.17) is 9.52 Å². The van der Waals surface area contributed by atoms with Crippen LogP contribution in [0.15, 0.2) is 46.9 Å². The highest BCUT2D eigenvalue weighted by molar-refractivity contribution is 5.33. The van der Waals surface area contributed by atoms with E-state index in [1.54, 1.807) is 0 Å². The van der Waals surface area contributed by atoms with Crippen LogP contribution in [0.4, 0.5) is 0 Å². The highest BCUT2D eigenvalue weighted by Crippen LogP contribution is 2.13. The molecule has 0 aliphatic heterocycles. The van der Waals surface area contributed by atoms with E-state index < -0.39 is 0 Å². The number of rotatable bonds is 6. The molecular weight excluding hydrogens is 274 g/mol. The first-order chi connectivity index (χ1) is 10.7. The quantitative estimate of drug-likeness (QED) is 0.830. The summed E-state index contributed by atoms with van der Waals surface area (Å²) < 4.78 is 5.58. The summed E-state index contributed by atoms with van der Waals surface area (Å²) in [5.74, 6) is 7.91. The van der Waals surface area contributed by atoms with Crippen molar-refractivity contribution < 1.29 is 9.52 Å². The van der Waals surface area contributed by atoms with E-state index in [1.807, 2.05) is 42.5 Å². The Morgan fingerprint density at radius 2 is 1.86 bits per heavy atom. The fourth-order valence-corrected chi connectivity index (χ4v) is 2.18. The maximum Gasteiger partial charge on any atom is 0.129 e. The van der Waals surface area contributed by atoms with Gasteiger partial charge < -0.3 is 9.52 Å². The Hall–Kier alpha value is -2.02. The van der Waals surface area contributed by atoms with Gasteiger partial charge in [-0.2, -0.15) is 0 Å². The number of furan rings is 1. The Bertz CT molecular complexity index is 622. The van der Waals surface area contributed by atoms with Crippen molar-refractivity contribution in [2.75, 3.05) is 6.54 Å². The summed E-state index contributed by atoms with van der Waals surface area (Å²) in [5, 5.41) is 9.08. The van der Waals surface area contributed by atoms with Crippen LogP contribution in [0.5, 0.6) is 0 Å². The topological polar surface area (TPSA) is 36.6 Å². The fraction of sp³-hybridized carbons (Fsp3) is 0.368. The molecule has 0 aliphatic rings. The molecule has 2 rings (SSSR count). The summed E-state index contributed by atoms with van der Waals surface area (Å²) in [4.78, 5) is 2.29. The first-order valence-electron chi connectivity index (χ1n) is 7.69. The van der Waals surface area contributed by atoms with Gasteiger partial charge in [-0.25, -0.2) is 0 Å². The van der Waals surface area contributed by atoms with Crippen molar-refractivity contribution in [1.29, 1.82) is 0 Å². The van der Waals surface area contributed by atoms with Crippen LogP contribution in [0, 0.1) is 11.8 Å². The molecule has 0 aliphatic carbocycles. The molecule has 2 aromatic rings. The lowest BCUT2D eigenvalue weighted by Crippen LogP contribution is -2.32. The Balaban J connectivity index is 2.02. The number of hydrogen-bond acceptors (Lipinski definition) is 3. The van der Waals surface area contributed by atoms with E-state index >= 15 is 0 Å². The minimum Gasteiger partial charge on any atom is -0.462 e. The second kappa shape index (κ2) is 8.43. The second-order valence-corrected chi connectivity index (χ2v) is 5.36. The molecule has 1 heterocycles. The van der Waals surface area contributed by atoms with Gasteiger partial charge >= 0.3 is 0 Å². The van der Waals surface area contributed by atoms with Crippen LogP contribution in [0.2, 0.25) is 0 Å². The number of nitrogens with zero attached hydrogens (tertiary/aromatic N) is 1. The zero-order valence-electron chi connectivity index (χ0n) is 13.2. The van der Waals surface area contributed by atoms with Gasteiger partial charge in [-0.1, -0.05) is 37.0 Å². The van der Waals surface area contributed by atoms with Crippen molar-refractivity contribution >= 4 is 0 Å². The largest absolute Gasteiger partial charge is 0.462 e. The molecule has 1 atom stereocenters. The van der Waals surface area contributed by atoms with Crippen molar-refractivity contribution in [3.63, 3.8) is 0 Å². The van der Waals surface area contributed by atoms with Gasteiger partial charge in [0, 0.05) is 11.6 Å². The maximum absolute atomic E-state index is 9.08. The third kappa shape index (κ3) is 4.77. The van der Waals surface area contributed by atoms with E-state index in [9.17, 15) is 0 Å². The monoisotopic (exact) mass is 297 g/mol. The van der Waals surface area contributed by atoms with Crippen molar-refractivity contribution in [1.82, 2.24) is 4.90 Å². The molecule has 1 aromatic heterocycles. The molecule has 1 aromatic carbocycles. The van der Waals surface area contributed by atoms with E-state index in [1.165, 1.54) is 0 Å². The van der Waals surface area contributed by atoms with Crippen molar-refractivity contribution in [2.24, 2.45) is 0 Å². The van der Waals surface area contributed by atoms with Crippen molar-refractivity contribution in [2.45, 2.75) is 39.5 Å². The third-order valence-electron chi connectivity index (χ3n) is 3.73. The van der Waals surface area contributed by atoms with E-state index in [2.05, 4.69) is 30.6 Å². The molecule has 0 spiro atoms. The lowest BCUT2D eigenvalue weighted by Gasteiger charge is -2.25. The molecule has 0 fully saturated rings. The molecule has 0 radical (unpaired) electrons. The number of aliphatic hydroxyl groups excluding tert-OH is 1. The van der Waals surface area contributed by atoms with Gasteiger partial charge in [0.2, 0.25) is 0 Å². The smallest absolute Gasteiger partial charge is 0.129 e. The molecule has 1 N–H and O–H groups in total. The van der Waals surface area contributed by atoms with Crippen LogP contribution in [0.25, 0.3) is 0 Å². The molecule has 0 bridgehead atoms. The van der Waals surface area contributed by atoms with E-state index in [0.29, 0.717) is 24.9 Å². The van der Waals surface area contributed by atoms with Gasteiger partial charge in [0.05, 0.1) is 13.1 Å². The zero-order chi connectivity index (χ0) is 15.8. The first kappa shape index (κ1) is 16.4. The van der Waals surface area contributed by atoms with Gasteiger partial charge in [-0.15, -0.1) is 0 Å². The molecule has 0 amide bonds. The molecule has 116 valence electrons. The zero-order valence-corrected chi connectivity index (χ0v) is 13.2. The molecule has 0 saturated carbocycles. The van der Waals surface area contributed by atoms with Crippen molar-refractivity contribution in [3.05, 3.63) is 59.5 Å². The highest BCUT2D eigenvalue weighted by Gasteiger charge is 2.13. The van der Waals surface area contributed by atoms with Gasteiger partial charge in [-0.3, -0.25) is 4.90 Å². The SMILES string of the molecule is CCC(C)N(CC#Cc1ccccc1)Cc1ccc(CO)o1. The van der Waals surface area contributed by atoms with Crippen LogP contribution in [-0.2, 0) is 13.2 Å². The summed E-state index contributed by atoms with van der Waals surface area (Å²) >= 11 is 0. The van der Waals surface area contributed by atoms with Gasteiger partial charge in [0.15, 0.2) is 0 Å². The standard InChI is InChI=1S/C19H23NO2/c1-3-16(2)20(14-18-11-12-19(15-21)22-18)13-7-10-17-8-5-4-6-9-17/h4-6,8-9,11-12,16,21H,3,13-15H2,1-2H3. The van der Waals surface area contributed by atoms with Gasteiger partial charge in [0.1, 0.15) is 18.1 Å².